The van der Waals surface area contributed by atoms with Gasteiger partial charge in [0.2, 0.25) is 0 Å². The van der Waals surface area contributed by atoms with Crippen molar-refractivity contribution in [2.75, 3.05) is 5.88 Å². The van der Waals surface area contributed by atoms with Crippen molar-refractivity contribution < 1.29 is 4.52 Å². The van der Waals surface area contributed by atoms with Crippen molar-refractivity contribution in [3.8, 4) is 0 Å². The van der Waals surface area contributed by atoms with Crippen LogP contribution in [0.1, 0.15) is 30.6 Å². The van der Waals surface area contributed by atoms with Gasteiger partial charge in [0.25, 0.3) is 0 Å². The summed E-state index contributed by atoms with van der Waals surface area (Å²) in [7, 11) is 1.95. The van der Waals surface area contributed by atoms with Gasteiger partial charge in [0.15, 0.2) is 5.65 Å². The zero-order valence-electron chi connectivity index (χ0n) is 12.2. The van der Waals surface area contributed by atoms with Crippen molar-refractivity contribution in [1.82, 2.24) is 24.5 Å². The molecule has 3 aromatic rings. The van der Waals surface area contributed by atoms with Crippen LogP contribution in [-0.2, 0) is 26.4 Å². The van der Waals surface area contributed by atoms with E-state index in [9.17, 15) is 0 Å². The highest BCUT2D eigenvalue weighted by Crippen LogP contribution is 2.22. The number of aryl methyl sites for hydroxylation is 3. The summed E-state index contributed by atoms with van der Waals surface area (Å²) in [4.78, 5) is 4.76. The molecule has 0 atom stereocenters. The second kappa shape index (κ2) is 5.89. The summed E-state index contributed by atoms with van der Waals surface area (Å²) >= 11 is 5.92. The maximum absolute atomic E-state index is 5.92. The molecule has 0 radical (unpaired) electrons. The second-order valence-electron chi connectivity index (χ2n) is 5.04. The van der Waals surface area contributed by atoms with Crippen LogP contribution in [0.5, 0.6) is 0 Å². The molecule has 0 saturated heterocycles. The molecule has 0 bridgehead atoms. The Bertz CT molecular complexity index is 728. The first-order valence-corrected chi connectivity index (χ1v) is 7.64. The van der Waals surface area contributed by atoms with Crippen LogP contribution >= 0.6 is 11.6 Å². The minimum atomic E-state index is 0.540. The van der Waals surface area contributed by atoms with Gasteiger partial charge in [-0.15, -0.1) is 11.6 Å². The van der Waals surface area contributed by atoms with Gasteiger partial charge in [0, 0.05) is 25.4 Å². The lowest BCUT2D eigenvalue weighted by atomic mass is 10.2. The lowest BCUT2D eigenvalue weighted by Crippen LogP contribution is -2.09. The third kappa shape index (κ3) is 2.55. The largest absolute Gasteiger partial charge is 0.364 e. The number of imidazole rings is 1. The molecule has 0 aliphatic rings. The maximum atomic E-state index is 5.92. The van der Waals surface area contributed by atoms with E-state index in [0.717, 1.165) is 47.6 Å². The summed E-state index contributed by atoms with van der Waals surface area (Å²) in [6.07, 6.45) is 4.28. The summed E-state index contributed by atoms with van der Waals surface area (Å²) in [6, 6.07) is 1.86. The van der Waals surface area contributed by atoms with Crippen molar-refractivity contribution in [2.24, 2.45) is 7.05 Å². The summed E-state index contributed by atoms with van der Waals surface area (Å²) in [5, 5.41) is 8.57. The smallest absolute Gasteiger partial charge is 0.159 e. The van der Waals surface area contributed by atoms with Gasteiger partial charge < -0.3 is 9.09 Å². The average Bonchev–Trinajstić information content (AvgIpc) is 3.13. The first-order valence-electron chi connectivity index (χ1n) is 7.10. The quantitative estimate of drug-likeness (QED) is 0.657. The van der Waals surface area contributed by atoms with E-state index in [1.54, 1.807) is 6.26 Å². The number of rotatable bonds is 6. The number of halogens is 1. The summed E-state index contributed by atoms with van der Waals surface area (Å²) in [6.45, 7) is 2.76. The van der Waals surface area contributed by atoms with Gasteiger partial charge in [0.05, 0.1) is 12.2 Å². The highest BCUT2D eigenvalue weighted by molar-refractivity contribution is 6.17. The Morgan fingerprint density at radius 1 is 1.33 bits per heavy atom. The molecule has 21 heavy (non-hydrogen) atoms. The molecule has 0 amide bonds. The Kier molecular flexibility index (Phi) is 3.96. The molecule has 0 saturated carbocycles. The van der Waals surface area contributed by atoms with Crippen LogP contribution in [0.2, 0.25) is 0 Å². The van der Waals surface area contributed by atoms with Gasteiger partial charge in [-0.2, -0.15) is 5.10 Å². The van der Waals surface area contributed by atoms with Gasteiger partial charge in [-0.05, 0) is 6.42 Å². The number of nitrogens with zero attached hydrogens (tertiary/aromatic N) is 5. The van der Waals surface area contributed by atoms with Crippen LogP contribution in [0.25, 0.3) is 11.2 Å². The van der Waals surface area contributed by atoms with Gasteiger partial charge in [-0.25, -0.2) is 4.98 Å². The minimum Gasteiger partial charge on any atom is -0.364 e. The molecule has 0 spiro atoms. The normalized spacial score (nSPS) is 11.6. The van der Waals surface area contributed by atoms with E-state index in [4.69, 9.17) is 21.1 Å². The third-order valence-corrected chi connectivity index (χ3v) is 3.68. The van der Waals surface area contributed by atoms with E-state index in [1.807, 2.05) is 17.8 Å². The minimum absolute atomic E-state index is 0.540. The molecule has 6 nitrogen and oxygen atoms in total. The standard InChI is InChI=1S/C14H18ClN5O/c1-3-4-11-13-14(19(2)17-11)20(12(16-13)5-7-15)9-10-6-8-21-18-10/h6,8H,3-5,7,9H2,1-2H3. The summed E-state index contributed by atoms with van der Waals surface area (Å²) < 4.78 is 8.94. The van der Waals surface area contributed by atoms with Gasteiger partial charge in [-0.1, -0.05) is 18.5 Å². The Hall–Kier alpha value is -1.82. The fourth-order valence-electron chi connectivity index (χ4n) is 2.61. The van der Waals surface area contributed by atoms with Gasteiger partial charge >= 0.3 is 0 Å². The highest BCUT2D eigenvalue weighted by atomic mass is 35.5. The zero-order valence-corrected chi connectivity index (χ0v) is 13.0. The molecule has 3 heterocycles. The molecule has 3 aromatic heterocycles. The van der Waals surface area contributed by atoms with Crippen LogP contribution in [0.15, 0.2) is 16.9 Å². The fourth-order valence-corrected chi connectivity index (χ4v) is 2.78. The Morgan fingerprint density at radius 2 is 2.19 bits per heavy atom. The van der Waals surface area contributed by atoms with Crippen molar-refractivity contribution in [2.45, 2.75) is 32.7 Å². The first-order chi connectivity index (χ1) is 10.2. The van der Waals surface area contributed by atoms with Crippen LogP contribution < -0.4 is 0 Å². The fraction of sp³-hybridized carbons (Fsp3) is 0.500. The van der Waals surface area contributed by atoms with Crippen molar-refractivity contribution >= 4 is 22.8 Å². The predicted octanol–water partition coefficient (Wildman–Crippen LogP) is 2.54. The van der Waals surface area contributed by atoms with Crippen LogP contribution in [0, 0.1) is 0 Å². The summed E-state index contributed by atoms with van der Waals surface area (Å²) in [5.74, 6) is 1.51. The molecular weight excluding hydrogens is 290 g/mol. The van der Waals surface area contributed by atoms with E-state index in [0.29, 0.717) is 12.4 Å². The number of fused-ring (bicyclic) bond motifs is 1. The first kappa shape index (κ1) is 14.1. The lowest BCUT2D eigenvalue weighted by Gasteiger charge is -2.06. The van der Waals surface area contributed by atoms with E-state index in [2.05, 4.69) is 21.7 Å². The zero-order chi connectivity index (χ0) is 14.8. The van der Waals surface area contributed by atoms with Crippen molar-refractivity contribution in [3.05, 3.63) is 29.5 Å². The molecule has 0 unspecified atom stereocenters. The van der Waals surface area contributed by atoms with Crippen LogP contribution in [0.3, 0.4) is 0 Å². The Morgan fingerprint density at radius 3 is 2.86 bits per heavy atom. The number of alkyl halides is 1. The SMILES string of the molecule is CCCc1nn(C)c2c1nc(CCCl)n2Cc1ccon1. The Labute approximate surface area is 127 Å². The lowest BCUT2D eigenvalue weighted by molar-refractivity contribution is 0.409. The van der Waals surface area contributed by atoms with Crippen LogP contribution in [-0.4, -0.2) is 30.4 Å². The predicted molar refractivity (Wildman–Crippen MR) is 80.5 cm³/mol. The molecular formula is C14H18ClN5O. The number of aromatic nitrogens is 5. The molecule has 0 fully saturated rings. The molecule has 7 heteroatoms. The third-order valence-electron chi connectivity index (χ3n) is 3.49. The van der Waals surface area contributed by atoms with E-state index < -0.39 is 0 Å². The molecule has 0 aliphatic heterocycles. The number of hydrogen-bond acceptors (Lipinski definition) is 4. The monoisotopic (exact) mass is 307 g/mol. The second-order valence-corrected chi connectivity index (χ2v) is 5.41. The van der Waals surface area contributed by atoms with Gasteiger partial charge in [0.1, 0.15) is 23.3 Å². The average molecular weight is 308 g/mol. The Balaban J connectivity index is 2.12. The van der Waals surface area contributed by atoms with Crippen molar-refractivity contribution in [1.29, 1.82) is 0 Å². The molecule has 3 rings (SSSR count). The number of hydrogen-bond donors (Lipinski definition) is 0. The highest BCUT2D eigenvalue weighted by Gasteiger charge is 2.19. The molecule has 0 aromatic carbocycles. The topological polar surface area (TPSA) is 61.7 Å². The van der Waals surface area contributed by atoms with Crippen molar-refractivity contribution in [3.63, 3.8) is 0 Å². The maximum Gasteiger partial charge on any atom is 0.159 e. The van der Waals surface area contributed by atoms with E-state index in [-0.39, 0.29) is 0 Å². The molecule has 0 N–H and O–H groups in total. The van der Waals surface area contributed by atoms with Crippen LogP contribution in [0.4, 0.5) is 0 Å². The summed E-state index contributed by atoms with van der Waals surface area (Å²) in [5.41, 5.74) is 3.90. The van der Waals surface area contributed by atoms with E-state index >= 15 is 0 Å². The van der Waals surface area contributed by atoms with E-state index in [1.165, 1.54) is 0 Å². The molecule has 112 valence electrons. The molecule has 0 aliphatic carbocycles. The van der Waals surface area contributed by atoms with Gasteiger partial charge in [-0.3, -0.25) is 4.68 Å².